The van der Waals surface area contributed by atoms with Gasteiger partial charge in [-0.25, -0.2) is 14.8 Å². The Balaban J connectivity index is 2.02. The predicted octanol–water partition coefficient (Wildman–Crippen LogP) is 3.93. The molecule has 22 heavy (non-hydrogen) atoms. The molecule has 0 saturated heterocycles. The number of methoxy groups -OCH3 is 1. The molecule has 1 fully saturated rings. The molecule has 5 nitrogen and oxygen atoms in total. The van der Waals surface area contributed by atoms with Crippen molar-refractivity contribution in [1.82, 2.24) is 9.97 Å². The molecule has 0 radical (unpaired) electrons. The van der Waals surface area contributed by atoms with Crippen LogP contribution in [0.1, 0.15) is 56.9 Å². The molecule has 122 valence electrons. The molecule has 0 unspecified atom stereocenters. The molecule has 0 atom stereocenters. The van der Waals surface area contributed by atoms with Gasteiger partial charge in [0.2, 0.25) is 0 Å². The van der Waals surface area contributed by atoms with Gasteiger partial charge in [-0.05, 0) is 37.0 Å². The molecule has 2 rings (SSSR count). The first-order valence-corrected chi connectivity index (χ1v) is 8.06. The van der Waals surface area contributed by atoms with Crippen LogP contribution in [0.2, 0.25) is 5.02 Å². The maximum Gasteiger partial charge on any atom is 0.358 e. The van der Waals surface area contributed by atoms with E-state index in [0.717, 1.165) is 18.8 Å². The largest absolute Gasteiger partial charge is 0.464 e. The van der Waals surface area contributed by atoms with Crippen molar-refractivity contribution >= 4 is 23.4 Å². The summed E-state index contributed by atoms with van der Waals surface area (Å²) in [5, 5.41) is 3.58. The molecule has 0 aromatic carbocycles. The first-order chi connectivity index (χ1) is 10.3. The van der Waals surface area contributed by atoms with E-state index in [1.165, 1.54) is 26.3 Å². The zero-order chi connectivity index (χ0) is 16.3. The van der Waals surface area contributed by atoms with Crippen LogP contribution in [0.25, 0.3) is 0 Å². The molecule has 1 heterocycles. The smallest absolute Gasteiger partial charge is 0.358 e. The van der Waals surface area contributed by atoms with Crippen LogP contribution in [0.5, 0.6) is 0 Å². The summed E-state index contributed by atoms with van der Waals surface area (Å²) in [6.45, 7) is 6.90. The first kappa shape index (κ1) is 17.0. The number of carbonyl (C=O) groups excluding carboxylic acids is 1. The van der Waals surface area contributed by atoms with E-state index in [9.17, 15) is 4.79 Å². The second kappa shape index (κ2) is 6.82. The third-order valence-electron chi connectivity index (χ3n) is 4.46. The van der Waals surface area contributed by atoms with Gasteiger partial charge in [-0.15, -0.1) is 0 Å². The molecule has 1 aromatic rings. The molecule has 6 heteroatoms. The fourth-order valence-corrected chi connectivity index (χ4v) is 3.24. The van der Waals surface area contributed by atoms with Crippen molar-refractivity contribution < 1.29 is 9.53 Å². The number of nitrogens with one attached hydrogen (secondary N) is 1. The maximum atomic E-state index is 11.6. The lowest BCUT2D eigenvalue weighted by atomic mass is 9.71. The van der Waals surface area contributed by atoms with Crippen LogP contribution in [0, 0.1) is 11.3 Å². The minimum Gasteiger partial charge on any atom is -0.464 e. The van der Waals surface area contributed by atoms with E-state index in [1.54, 1.807) is 0 Å². The molecular formula is C16H24ClN3O2. The zero-order valence-corrected chi connectivity index (χ0v) is 14.4. The van der Waals surface area contributed by atoms with Crippen molar-refractivity contribution in [2.45, 2.75) is 52.5 Å². The highest BCUT2D eigenvalue weighted by Gasteiger charge is 2.30. The minimum absolute atomic E-state index is 0.102. The maximum absolute atomic E-state index is 11.6. The van der Waals surface area contributed by atoms with Gasteiger partial charge in [0.15, 0.2) is 5.69 Å². The Hall–Kier alpha value is -1.36. The fraction of sp³-hybridized carbons (Fsp3) is 0.688. The van der Waals surface area contributed by atoms with Crippen LogP contribution in [-0.4, -0.2) is 29.1 Å². The Morgan fingerprint density at radius 3 is 2.45 bits per heavy atom. The molecule has 1 aliphatic carbocycles. The number of halogens is 1. The van der Waals surface area contributed by atoms with Gasteiger partial charge >= 0.3 is 5.97 Å². The Labute approximate surface area is 136 Å². The molecular weight excluding hydrogens is 302 g/mol. The van der Waals surface area contributed by atoms with Crippen LogP contribution in [0.3, 0.4) is 0 Å². The van der Waals surface area contributed by atoms with Crippen molar-refractivity contribution in [3.63, 3.8) is 0 Å². The summed E-state index contributed by atoms with van der Waals surface area (Å²) in [4.78, 5) is 19.7. The van der Waals surface area contributed by atoms with Crippen LogP contribution in [0.15, 0.2) is 6.33 Å². The Bertz CT molecular complexity index is 535. The van der Waals surface area contributed by atoms with Crippen molar-refractivity contribution in [2.24, 2.45) is 11.3 Å². The lowest BCUT2D eigenvalue weighted by Gasteiger charge is -2.37. The van der Waals surface area contributed by atoms with Gasteiger partial charge in [0.1, 0.15) is 17.2 Å². The molecule has 1 aliphatic rings. The third kappa shape index (κ3) is 3.88. The highest BCUT2D eigenvalue weighted by Crippen LogP contribution is 2.38. The molecule has 0 aliphatic heterocycles. The SMILES string of the molecule is COC(=O)c1ncnc(NC2CCC(C(C)(C)C)CC2)c1Cl. The molecule has 1 N–H and O–H groups in total. The highest BCUT2D eigenvalue weighted by molar-refractivity contribution is 6.35. The van der Waals surface area contributed by atoms with E-state index in [0.29, 0.717) is 17.3 Å². The summed E-state index contributed by atoms with van der Waals surface area (Å²) in [6.07, 6.45) is 5.87. The zero-order valence-electron chi connectivity index (χ0n) is 13.6. The van der Waals surface area contributed by atoms with Gasteiger partial charge in [0.05, 0.1) is 7.11 Å². The molecule has 0 amide bonds. The second-order valence-electron chi connectivity index (χ2n) is 6.94. The molecule has 1 saturated carbocycles. The average molecular weight is 326 g/mol. The van der Waals surface area contributed by atoms with Crippen LogP contribution in [-0.2, 0) is 4.74 Å². The van der Waals surface area contributed by atoms with Crippen molar-refractivity contribution in [3.05, 3.63) is 17.0 Å². The molecule has 0 spiro atoms. The number of esters is 1. The fourth-order valence-electron chi connectivity index (χ4n) is 3.01. The number of anilines is 1. The van der Waals surface area contributed by atoms with Crippen molar-refractivity contribution in [1.29, 1.82) is 0 Å². The Morgan fingerprint density at radius 2 is 1.91 bits per heavy atom. The summed E-state index contributed by atoms with van der Waals surface area (Å²) >= 11 is 6.21. The summed E-state index contributed by atoms with van der Waals surface area (Å²) in [7, 11) is 1.31. The summed E-state index contributed by atoms with van der Waals surface area (Å²) in [5.74, 6) is 0.709. The first-order valence-electron chi connectivity index (χ1n) is 7.68. The van der Waals surface area contributed by atoms with Crippen LogP contribution < -0.4 is 5.32 Å². The number of rotatable bonds is 3. The minimum atomic E-state index is -0.549. The Morgan fingerprint density at radius 1 is 1.27 bits per heavy atom. The number of nitrogens with zero attached hydrogens (tertiary/aromatic N) is 2. The van der Waals surface area contributed by atoms with E-state index >= 15 is 0 Å². The van der Waals surface area contributed by atoms with Gasteiger partial charge in [0, 0.05) is 6.04 Å². The number of hydrogen-bond acceptors (Lipinski definition) is 5. The van der Waals surface area contributed by atoms with Crippen LogP contribution >= 0.6 is 11.6 Å². The molecule has 1 aromatic heterocycles. The van der Waals surface area contributed by atoms with E-state index in [4.69, 9.17) is 11.6 Å². The number of hydrogen-bond donors (Lipinski definition) is 1. The average Bonchev–Trinajstić information content (AvgIpc) is 2.48. The topological polar surface area (TPSA) is 64.1 Å². The normalized spacial score (nSPS) is 22.2. The predicted molar refractivity (Wildman–Crippen MR) is 87.2 cm³/mol. The molecule has 0 bridgehead atoms. The van der Waals surface area contributed by atoms with Gasteiger partial charge < -0.3 is 10.1 Å². The lowest BCUT2D eigenvalue weighted by molar-refractivity contribution is 0.0594. The summed E-state index contributed by atoms with van der Waals surface area (Å²) < 4.78 is 4.67. The third-order valence-corrected chi connectivity index (χ3v) is 4.82. The summed E-state index contributed by atoms with van der Waals surface area (Å²) in [5.41, 5.74) is 0.459. The van der Waals surface area contributed by atoms with Crippen molar-refractivity contribution in [2.75, 3.05) is 12.4 Å². The van der Waals surface area contributed by atoms with Gasteiger partial charge in [-0.2, -0.15) is 0 Å². The van der Waals surface area contributed by atoms with Gasteiger partial charge in [-0.3, -0.25) is 0 Å². The van der Waals surface area contributed by atoms with Gasteiger partial charge in [-0.1, -0.05) is 32.4 Å². The Kier molecular flexibility index (Phi) is 5.27. The van der Waals surface area contributed by atoms with Gasteiger partial charge in [0.25, 0.3) is 0 Å². The van der Waals surface area contributed by atoms with Crippen molar-refractivity contribution in [3.8, 4) is 0 Å². The van der Waals surface area contributed by atoms with E-state index in [2.05, 4.69) is 40.8 Å². The lowest BCUT2D eigenvalue weighted by Crippen LogP contribution is -2.32. The van der Waals surface area contributed by atoms with E-state index in [1.807, 2.05) is 0 Å². The quantitative estimate of drug-likeness (QED) is 0.853. The standard InChI is InChI=1S/C16H24ClN3O2/c1-16(2,3)10-5-7-11(8-6-10)20-14-12(17)13(15(21)22-4)18-9-19-14/h9-11H,5-8H2,1-4H3,(H,18,19,20). The second-order valence-corrected chi connectivity index (χ2v) is 7.31. The van der Waals surface area contributed by atoms with Crippen LogP contribution in [0.4, 0.5) is 5.82 Å². The number of aromatic nitrogens is 2. The van der Waals surface area contributed by atoms with E-state index in [-0.39, 0.29) is 10.7 Å². The van der Waals surface area contributed by atoms with E-state index < -0.39 is 5.97 Å². The highest BCUT2D eigenvalue weighted by atomic mass is 35.5. The number of ether oxygens (including phenoxy) is 1. The number of carbonyl (C=O) groups is 1. The summed E-state index contributed by atoms with van der Waals surface area (Å²) in [6, 6.07) is 0.330. The monoisotopic (exact) mass is 325 g/mol.